The van der Waals surface area contributed by atoms with E-state index in [0.717, 1.165) is 22.9 Å². The summed E-state index contributed by atoms with van der Waals surface area (Å²) in [5.74, 6) is -0.298. The molecule has 7 heteroatoms. The van der Waals surface area contributed by atoms with Crippen LogP contribution in [0.3, 0.4) is 0 Å². The van der Waals surface area contributed by atoms with Crippen LogP contribution >= 0.6 is 0 Å². The number of aliphatic hydroxyl groups is 1. The van der Waals surface area contributed by atoms with Crippen molar-refractivity contribution in [1.29, 1.82) is 0 Å². The Hall–Kier alpha value is -3.32. The van der Waals surface area contributed by atoms with Gasteiger partial charge in [-0.1, -0.05) is 18.2 Å². The minimum Gasteiger partial charge on any atom is -0.392 e. The molecule has 0 saturated carbocycles. The molecule has 2 aliphatic heterocycles. The number of aliphatic hydroxyl groups excluding tert-OH is 1. The molecule has 158 valence electrons. The maximum atomic E-state index is 13.7. The number of hydrogen-bond donors (Lipinski definition) is 2. The Morgan fingerprint density at radius 2 is 2.10 bits per heavy atom. The number of benzene rings is 1. The van der Waals surface area contributed by atoms with Gasteiger partial charge >= 0.3 is 0 Å². The summed E-state index contributed by atoms with van der Waals surface area (Å²) in [4.78, 5) is 37.0. The average Bonchev–Trinajstić information content (AvgIpc) is 2.82. The van der Waals surface area contributed by atoms with E-state index in [2.05, 4.69) is 10.3 Å². The van der Waals surface area contributed by atoms with E-state index in [1.165, 1.54) is 0 Å². The lowest BCUT2D eigenvalue weighted by molar-refractivity contribution is -0.147. The molecule has 5 rings (SSSR count). The summed E-state index contributed by atoms with van der Waals surface area (Å²) in [6.45, 7) is 1.25. The molecule has 0 radical (unpaired) electrons. The first kappa shape index (κ1) is 19.6. The number of fused-ring (bicyclic) bond motifs is 1. The summed E-state index contributed by atoms with van der Waals surface area (Å²) in [6, 6.07) is 13.1. The fraction of sp³-hybridized carbons (Fsp3) is 0.333. The molecule has 7 nitrogen and oxygen atoms in total. The third-order valence-corrected chi connectivity index (χ3v) is 6.51. The quantitative estimate of drug-likeness (QED) is 0.669. The van der Waals surface area contributed by atoms with Crippen molar-refractivity contribution in [3.8, 4) is 11.3 Å². The fourth-order valence-electron chi connectivity index (χ4n) is 4.80. The number of likely N-dealkylation sites (tertiary alicyclic amines) is 1. The minimum absolute atomic E-state index is 0.145. The maximum Gasteiger partial charge on any atom is 0.254 e. The van der Waals surface area contributed by atoms with Crippen LogP contribution in [0, 0.1) is 5.41 Å². The van der Waals surface area contributed by atoms with E-state index >= 15 is 0 Å². The predicted molar refractivity (Wildman–Crippen MR) is 116 cm³/mol. The summed E-state index contributed by atoms with van der Waals surface area (Å²) < 4.78 is 0. The standard InChI is InChI=1S/C24H24N4O3/c29-21-8-12-28(15-24(21)9-4-11-26-23(24)31)22(30)18-13-20(16-5-3-10-25-14-16)27-19-7-2-1-6-17(18)19/h1-3,5-7,10,13-14,21,29H,4,8-9,11-12,15H2,(H,26,31)/t21-,24-/m1/s1. The van der Waals surface area contributed by atoms with Gasteiger partial charge in [0.05, 0.1) is 28.3 Å². The van der Waals surface area contributed by atoms with Crippen LogP contribution in [0.4, 0.5) is 0 Å². The number of nitrogens with zero attached hydrogens (tertiary/aromatic N) is 3. The van der Waals surface area contributed by atoms with E-state index in [-0.39, 0.29) is 18.4 Å². The Labute approximate surface area is 180 Å². The number of aromatic nitrogens is 2. The van der Waals surface area contributed by atoms with Crippen molar-refractivity contribution in [3.63, 3.8) is 0 Å². The molecular weight excluding hydrogens is 392 g/mol. The SMILES string of the molecule is O=C(c1cc(-c2cccnc2)nc2ccccc12)N1CC[C@@H](O)[C@@]2(CCCNC2=O)C1. The number of amides is 2. The molecule has 1 spiro atoms. The minimum atomic E-state index is -0.929. The van der Waals surface area contributed by atoms with Gasteiger partial charge in [0.1, 0.15) is 0 Å². The van der Waals surface area contributed by atoms with Crippen molar-refractivity contribution in [2.45, 2.75) is 25.4 Å². The lowest BCUT2D eigenvalue weighted by atomic mass is 9.71. The van der Waals surface area contributed by atoms with E-state index in [9.17, 15) is 14.7 Å². The van der Waals surface area contributed by atoms with E-state index in [1.807, 2.05) is 36.4 Å². The molecule has 31 heavy (non-hydrogen) atoms. The molecule has 1 aromatic carbocycles. The fourth-order valence-corrected chi connectivity index (χ4v) is 4.80. The van der Waals surface area contributed by atoms with Gasteiger partial charge < -0.3 is 15.3 Å². The third kappa shape index (κ3) is 3.35. The van der Waals surface area contributed by atoms with Gasteiger partial charge in [-0.3, -0.25) is 14.6 Å². The molecule has 2 N–H and O–H groups in total. The smallest absolute Gasteiger partial charge is 0.254 e. The van der Waals surface area contributed by atoms with Crippen molar-refractivity contribution >= 4 is 22.7 Å². The van der Waals surface area contributed by atoms with Crippen LogP contribution in [0.25, 0.3) is 22.2 Å². The number of carbonyl (C=O) groups is 2. The number of hydrogen-bond acceptors (Lipinski definition) is 5. The number of nitrogens with one attached hydrogen (secondary N) is 1. The monoisotopic (exact) mass is 416 g/mol. The number of para-hydroxylation sites is 1. The first-order valence-electron chi connectivity index (χ1n) is 10.6. The van der Waals surface area contributed by atoms with E-state index in [0.29, 0.717) is 37.2 Å². The van der Waals surface area contributed by atoms with Crippen LogP contribution in [0.5, 0.6) is 0 Å². The first-order chi connectivity index (χ1) is 15.1. The van der Waals surface area contributed by atoms with Gasteiger partial charge in [0.15, 0.2) is 0 Å². The van der Waals surface area contributed by atoms with E-state index < -0.39 is 11.5 Å². The van der Waals surface area contributed by atoms with Crippen LogP contribution < -0.4 is 5.32 Å². The molecule has 2 fully saturated rings. The normalized spacial score (nSPS) is 23.7. The zero-order valence-electron chi connectivity index (χ0n) is 17.1. The van der Waals surface area contributed by atoms with Crippen LogP contribution in [-0.2, 0) is 4.79 Å². The highest BCUT2D eigenvalue weighted by atomic mass is 16.3. The zero-order valence-corrected chi connectivity index (χ0v) is 17.1. The molecule has 3 aromatic rings. The van der Waals surface area contributed by atoms with Gasteiger partial charge in [0.25, 0.3) is 5.91 Å². The second kappa shape index (κ2) is 7.74. The first-order valence-corrected chi connectivity index (χ1v) is 10.6. The summed E-state index contributed by atoms with van der Waals surface area (Å²) in [7, 11) is 0. The van der Waals surface area contributed by atoms with Crippen LogP contribution in [0.2, 0.25) is 0 Å². The molecule has 2 amide bonds. The Balaban J connectivity index is 1.56. The third-order valence-electron chi connectivity index (χ3n) is 6.51. The Bertz CT molecular complexity index is 1150. The van der Waals surface area contributed by atoms with Crippen molar-refractivity contribution < 1.29 is 14.7 Å². The van der Waals surface area contributed by atoms with Crippen LogP contribution in [-0.4, -0.2) is 57.5 Å². The van der Waals surface area contributed by atoms with Crippen molar-refractivity contribution in [3.05, 3.63) is 60.4 Å². The van der Waals surface area contributed by atoms with Gasteiger partial charge in [0, 0.05) is 43.0 Å². The largest absolute Gasteiger partial charge is 0.392 e. The highest BCUT2D eigenvalue weighted by molar-refractivity contribution is 6.07. The van der Waals surface area contributed by atoms with Crippen molar-refractivity contribution in [2.24, 2.45) is 5.41 Å². The summed E-state index contributed by atoms with van der Waals surface area (Å²) >= 11 is 0. The van der Waals surface area contributed by atoms with E-state index in [4.69, 9.17) is 4.98 Å². The lowest BCUT2D eigenvalue weighted by Gasteiger charge is -2.46. The highest BCUT2D eigenvalue weighted by Gasteiger charge is 2.50. The predicted octanol–water partition coefficient (Wildman–Crippen LogP) is 2.40. The van der Waals surface area contributed by atoms with Gasteiger partial charge in [-0.25, -0.2) is 4.98 Å². The number of piperidine rings is 2. The van der Waals surface area contributed by atoms with Crippen LogP contribution in [0.1, 0.15) is 29.6 Å². The van der Waals surface area contributed by atoms with Crippen molar-refractivity contribution in [1.82, 2.24) is 20.2 Å². The zero-order chi connectivity index (χ0) is 21.4. The number of rotatable bonds is 2. The molecule has 4 heterocycles. The second-order valence-electron chi connectivity index (χ2n) is 8.36. The van der Waals surface area contributed by atoms with Crippen molar-refractivity contribution in [2.75, 3.05) is 19.6 Å². The molecule has 2 aromatic heterocycles. The van der Waals surface area contributed by atoms with Gasteiger partial charge in [-0.2, -0.15) is 0 Å². The molecule has 2 aliphatic rings. The molecule has 0 aliphatic carbocycles. The molecule has 2 atom stereocenters. The molecular formula is C24H24N4O3. The second-order valence-corrected chi connectivity index (χ2v) is 8.36. The summed E-state index contributed by atoms with van der Waals surface area (Å²) in [5, 5.41) is 14.3. The summed E-state index contributed by atoms with van der Waals surface area (Å²) in [6.07, 6.45) is 4.46. The molecule has 0 unspecified atom stereocenters. The number of carbonyl (C=O) groups excluding carboxylic acids is 2. The molecule has 0 bridgehead atoms. The Morgan fingerprint density at radius 1 is 1.23 bits per heavy atom. The molecule has 2 saturated heterocycles. The topological polar surface area (TPSA) is 95.4 Å². The average molecular weight is 416 g/mol. The maximum absolute atomic E-state index is 13.7. The van der Waals surface area contributed by atoms with Crippen LogP contribution in [0.15, 0.2) is 54.9 Å². The number of pyridine rings is 2. The highest BCUT2D eigenvalue weighted by Crippen LogP contribution is 2.38. The van der Waals surface area contributed by atoms with Gasteiger partial charge in [-0.05, 0) is 43.5 Å². The Kier molecular flexibility index (Phi) is 4.90. The summed E-state index contributed by atoms with van der Waals surface area (Å²) in [5.41, 5.74) is 1.86. The Morgan fingerprint density at radius 3 is 2.90 bits per heavy atom. The van der Waals surface area contributed by atoms with E-state index in [1.54, 1.807) is 23.4 Å². The van der Waals surface area contributed by atoms with Gasteiger partial charge in [0.2, 0.25) is 5.91 Å². The van der Waals surface area contributed by atoms with Gasteiger partial charge in [-0.15, -0.1) is 0 Å². The lowest BCUT2D eigenvalue weighted by Crippen LogP contribution is -2.62.